The Kier molecular flexibility index (Phi) is 3.88. The molecule has 1 aromatic carbocycles. The summed E-state index contributed by atoms with van der Waals surface area (Å²) >= 11 is 8.74. The average Bonchev–Trinajstić information content (AvgIpc) is 2.16. The number of hydrogen-bond acceptors (Lipinski definition) is 2. The second-order valence-electron chi connectivity index (χ2n) is 2.95. The predicted octanol–water partition coefficient (Wildman–Crippen LogP) is 2.96. The van der Waals surface area contributed by atoms with E-state index in [4.69, 9.17) is 16.7 Å². The van der Waals surface area contributed by atoms with Gasteiger partial charge in [-0.05, 0) is 28.9 Å². The Labute approximate surface area is 100 Å². The van der Waals surface area contributed by atoms with Crippen LogP contribution in [-0.2, 0) is 0 Å². The van der Waals surface area contributed by atoms with Crippen molar-refractivity contribution in [2.24, 2.45) is 0 Å². The first-order valence-corrected chi connectivity index (χ1v) is 5.38. The fraction of sp³-hybridized carbons (Fsp3) is 0.200. The highest BCUT2D eigenvalue weighted by atomic mass is 79.9. The number of alkyl halides is 1. The molecule has 3 nitrogen and oxygen atoms in total. The van der Waals surface area contributed by atoms with Crippen molar-refractivity contribution in [3.05, 3.63) is 33.8 Å². The lowest BCUT2D eigenvalue weighted by Gasteiger charge is -2.07. The van der Waals surface area contributed by atoms with Gasteiger partial charge >= 0.3 is 5.97 Å². The summed E-state index contributed by atoms with van der Waals surface area (Å²) in [7, 11) is 0. The quantitative estimate of drug-likeness (QED) is 0.688. The number of ketones is 1. The maximum atomic E-state index is 11.6. The van der Waals surface area contributed by atoms with Gasteiger partial charge in [0, 0.05) is 10.0 Å². The Balaban J connectivity index is 3.27. The van der Waals surface area contributed by atoms with E-state index in [2.05, 4.69) is 15.9 Å². The van der Waals surface area contributed by atoms with Crippen LogP contribution in [0.25, 0.3) is 0 Å². The van der Waals surface area contributed by atoms with Gasteiger partial charge in [-0.2, -0.15) is 0 Å². The van der Waals surface area contributed by atoms with Crippen molar-refractivity contribution in [1.82, 2.24) is 0 Å². The largest absolute Gasteiger partial charge is 0.478 e. The molecule has 0 fully saturated rings. The van der Waals surface area contributed by atoms with E-state index in [0.29, 0.717) is 0 Å². The molecule has 0 aliphatic rings. The SMILES string of the molecule is CC(Cl)C(=O)c1cccc(C(=O)O)c1Br. The molecule has 1 rings (SSSR count). The number of benzene rings is 1. The number of rotatable bonds is 3. The third-order valence-corrected chi connectivity index (χ3v) is 2.91. The monoisotopic (exact) mass is 290 g/mol. The van der Waals surface area contributed by atoms with Gasteiger partial charge in [0.15, 0.2) is 5.78 Å². The second kappa shape index (κ2) is 4.77. The van der Waals surface area contributed by atoms with Crippen LogP contribution in [0.5, 0.6) is 0 Å². The van der Waals surface area contributed by atoms with Crippen LogP contribution in [-0.4, -0.2) is 22.2 Å². The number of hydrogen-bond donors (Lipinski definition) is 1. The number of carboxylic acid groups (broad SMARTS) is 1. The van der Waals surface area contributed by atoms with Crippen LogP contribution in [0.3, 0.4) is 0 Å². The first-order chi connectivity index (χ1) is 6.95. The van der Waals surface area contributed by atoms with Crippen LogP contribution in [0.2, 0.25) is 0 Å². The minimum atomic E-state index is -1.08. The van der Waals surface area contributed by atoms with Gasteiger partial charge in [0.2, 0.25) is 0 Å². The molecule has 1 unspecified atom stereocenters. The molecule has 1 atom stereocenters. The van der Waals surface area contributed by atoms with Crippen LogP contribution < -0.4 is 0 Å². The Morgan fingerprint density at radius 3 is 2.40 bits per heavy atom. The fourth-order valence-corrected chi connectivity index (χ4v) is 1.85. The van der Waals surface area contributed by atoms with Gasteiger partial charge in [-0.25, -0.2) is 4.79 Å². The first kappa shape index (κ1) is 12.2. The summed E-state index contributed by atoms with van der Waals surface area (Å²) in [5.74, 6) is -1.38. The highest BCUT2D eigenvalue weighted by Crippen LogP contribution is 2.24. The number of carboxylic acids is 1. The molecule has 1 aromatic rings. The van der Waals surface area contributed by atoms with Crippen molar-refractivity contribution in [2.75, 3.05) is 0 Å². The molecule has 0 bridgehead atoms. The molecule has 0 radical (unpaired) electrons. The summed E-state index contributed by atoms with van der Waals surface area (Å²) in [4.78, 5) is 22.4. The Bertz CT molecular complexity index is 415. The lowest BCUT2D eigenvalue weighted by Crippen LogP contribution is -2.12. The van der Waals surface area contributed by atoms with Gasteiger partial charge in [0.1, 0.15) is 0 Å². The second-order valence-corrected chi connectivity index (χ2v) is 4.40. The Hall–Kier alpha value is -0.870. The normalized spacial score (nSPS) is 12.2. The van der Waals surface area contributed by atoms with E-state index in [-0.39, 0.29) is 21.4 Å². The number of Topliss-reactive ketones (excluding diaryl/α,β-unsaturated/α-hetero) is 1. The van der Waals surface area contributed by atoms with E-state index in [1.807, 2.05) is 0 Å². The molecule has 0 saturated heterocycles. The minimum absolute atomic E-state index is 0.0539. The van der Waals surface area contributed by atoms with Crippen molar-refractivity contribution >= 4 is 39.3 Å². The third kappa shape index (κ3) is 2.58. The molecule has 0 spiro atoms. The summed E-state index contributed by atoms with van der Waals surface area (Å²) in [6.45, 7) is 1.55. The van der Waals surface area contributed by atoms with Crippen molar-refractivity contribution in [3.8, 4) is 0 Å². The summed E-state index contributed by atoms with van der Waals surface area (Å²) < 4.78 is 0.273. The van der Waals surface area contributed by atoms with Crippen LogP contribution in [0.1, 0.15) is 27.6 Å². The van der Waals surface area contributed by atoms with E-state index in [1.165, 1.54) is 18.2 Å². The van der Waals surface area contributed by atoms with Crippen molar-refractivity contribution < 1.29 is 14.7 Å². The molecule has 1 N–H and O–H groups in total. The zero-order valence-electron chi connectivity index (χ0n) is 7.83. The highest BCUT2D eigenvalue weighted by Gasteiger charge is 2.19. The van der Waals surface area contributed by atoms with Gasteiger partial charge < -0.3 is 5.11 Å². The van der Waals surface area contributed by atoms with Crippen molar-refractivity contribution in [3.63, 3.8) is 0 Å². The lowest BCUT2D eigenvalue weighted by atomic mass is 10.1. The Morgan fingerprint density at radius 1 is 1.40 bits per heavy atom. The predicted molar refractivity (Wildman–Crippen MR) is 60.7 cm³/mol. The van der Waals surface area contributed by atoms with Gasteiger partial charge in [0.25, 0.3) is 0 Å². The molecule has 0 aromatic heterocycles. The molecule has 0 aliphatic carbocycles. The van der Waals surface area contributed by atoms with Gasteiger partial charge in [-0.15, -0.1) is 11.6 Å². The lowest BCUT2D eigenvalue weighted by molar-refractivity contribution is 0.0696. The third-order valence-electron chi connectivity index (χ3n) is 1.86. The molecule has 0 aliphatic heterocycles. The molecule has 0 amide bonds. The Morgan fingerprint density at radius 2 is 1.93 bits per heavy atom. The van der Waals surface area contributed by atoms with E-state index in [0.717, 1.165) is 0 Å². The van der Waals surface area contributed by atoms with E-state index in [9.17, 15) is 9.59 Å². The smallest absolute Gasteiger partial charge is 0.336 e. The number of aromatic carboxylic acids is 1. The van der Waals surface area contributed by atoms with Crippen LogP contribution >= 0.6 is 27.5 Å². The minimum Gasteiger partial charge on any atom is -0.478 e. The summed E-state index contributed by atoms with van der Waals surface area (Å²) in [5.41, 5.74) is 0.343. The highest BCUT2D eigenvalue weighted by molar-refractivity contribution is 9.10. The number of halogens is 2. The van der Waals surface area contributed by atoms with E-state index < -0.39 is 11.3 Å². The zero-order chi connectivity index (χ0) is 11.6. The molecule has 0 heterocycles. The average molecular weight is 292 g/mol. The molecule has 15 heavy (non-hydrogen) atoms. The maximum Gasteiger partial charge on any atom is 0.336 e. The topological polar surface area (TPSA) is 54.4 Å². The van der Waals surface area contributed by atoms with Gasteiger partial charge in [-0.1, -0.05) is 12.1 Å². The van der Waals surface area contributed by atoms with Crippen LogP contribution in [0.4, 0.5) is 0 Å². The van der Waals surface area contributed by atoms with E-state index >= 15 is 0 Å². The summed E-state index contributed by atoms with van der Waals surface area (Å²) in [6, 6.07) is 4.47. The van der Waals surface area contributed by atoms with E-state index in [1.54, 1.807) is 6.92 Å². The number of carbonyl (C=O) groups excluding carboxylic acids is 1. The van der Waals surface area contributed by atoms with Crippen LogP contribution in [0.15, 0.2) is 22.7 Å². The standard InChI is InChI=1S/C10H8BrClO3/c1-5(12)9(13)6-3-2-4-7(8(6)11)10(14)15/h2-5H,1H3,(H,14,15). The maximum absolute atomic E-state index is 11.6. The van der Waals surface area contributed by atoms with Crippen molar-refractivity contribution in [1.29, 1.82) is 0 Å². The molecular formula is C10H8BrClO3. The molecule has 80 valence electrons. The molecule has 5 heteroatoms. The first-order valence-electron chi connectivity index (χ1n) is 4.15. The van der Waals surface area contributed by atoms with Crippen molar-refractivity contribution in [2.45, 2.75) is 12.3 Å². The van der Waals surface area contributed by atoms with Gasteiger partial charge in [-0.3, -0.25) is 4.79 Å². The zero-order valence-corrected chi connectivity index (χ0v) is 10.2. The van der Waals surface area contributed by atoms with Crippen LogP contribution in [0, 0.1) is 0 Å². The summed E-state index contributed by atoms with van der Waals surface area (Å²) in [6.07, 6.45) is 0. The fourth-order valence-electron chi connectivity index (χ4n) is 1.10. The van der Waals surface area contributed by atoms with Gasteiger partial charge in [0.05, 0.1) is 10.9 Å². The number of carbonyl (C=O) groups is 2. The molecule has 0 saturated carbocycles. The summed E-state index contributed by atoms with van der Waals surface area (Å²) in [5, 5.41) is 8.16. The molecular weight excluding hydrogens is 283 g/mol.